The minimum atomic E-state index is -0.278. The number of benzene rings is 1. The van der Waals surface area contributed by atoms with E-state index in [9.17, 15) is 9.59 Å². The molecule has 1 aliphatic rings. The molecular weight excluding hydrogens is 328 g/mol. The van der Waals surface area contributed by atoms with Gasteiger partial charge in [0.05, 0.1) is 11.6 Å². The molecule has 0 saturated carbocycles. The first kappa shape index (κ1) is 18.0. The lowest BCUT2D eigenvalue weighted by Crippen LogP contribution is -2.34. The van der Waals surface area contributed by atoms with Crippen molar-refractivity contribution >= 4 is 11.8 Å². The number of nitrogens with zero attached hydrogens (tertiary/aromatic N) is 3. The van der Waals surface area contributed by atoms with Crippen LogP contribution in [0.4, 0.5) is 0 Å². The molecule has 1 aromatic carbocycles. The first-order valence-electron chi connectivity index (χ1n) is 9.04. The van der Waals surface area contributed by atoms with Crippen LogP contribution in [0.15, 0.2) is 42.9 Å². The summed E-state index contributed by atoms with van der Waals surface area (Å²) in [5, 5.41) is 2.91. The smallest absolute Gasteiger partial charge is 0.225 e. The lowest BCUT2D eigenvalue weighted by molar-refractivity contribution is -0.129. The molecule has 2 amide bonds. The number of aryl methyl sites for hydroxylation is 1. The van der Waals surface area contributed by atoms with Crippen molar-refractivity contribution in [3.8, 4) is 0 Å². The molecule has 6 nitrogen and oxygen atoms in total. The van der Waals surface area contributed by atoms with Crippen molar-refractivity contribution in [1.82, 2.24) is 20.2 Å². The fraction of sp³-hybridized carbons (Fsp3) is 0.400. The second-order valence-corrected chi connectivity index (χ2v) is 6.58. The molecule has 136 valence electrons. The Hall–Kier alpha value is -2.76. The van der Waals surface area contributed by atoms with Crippen molar-refractivity contribution in [2.24, 2.45) is 5.92 Å². The first-order chi connectivity index (χ1) is 12.7. The van der Waals surface area contributed by atoms with Crippen LogP contribution in [-0.4, -0.2) is 39.8 Å². The molecule has 2 aromatic rings. The third-order valence-corrected chi connectivity index (χ3v) is 4.69. The second kappa shape index (κ2) is 8.56. The molecule has 1 atom stereocenters. The Balaban J connectivity index is 1.47. The van der Waals surface area contributed by atoms with Crippen LogP contribution in [0.5, 0.6) is 0 Å². The minimum Gasteiger partial charge on any atom is -0.355 e. The van der Waals surface area contributed by atoms with E-state index < -0.39 is 0 Å². The molecule has 1 saturated heterocycles. The Morgan fingerprint density at radius 1 is 1.23 bits per heavy atom. The van der Waals surface area contributed by atoms with E-state index in [2.05, 4.69) is 46.5 Å². The Morgan fingerprint density at radius 3 is 2.69 bits per heavy atom. The van der Waals surface area contributed by atoms with E-state index in [4.69, 9.17) is 0 Å². The summed E-state index contributed by atoms with van der Waals surface area (Å²) >= 11 is 0. The molecule has 0 bridgehead atoms. The Bertz CT molecular complexity index is 746. The summed E-state index contributed by atoms with van der Waals surface area (Å²) in [7, 11) is 0. The SMILES string of the molecule is CCc1ccc(CN2CC(C(=O)NCCc3cnccn3)CC2=O)cc1. The number of carbonyl (C=O) groups is 2. The van der Waals surface area contributed by atoms with E-state index in [1.165, 1.54) is 5.56 Å². The maximum atomic E-state index is 12.3. The van der Waals surface area contributed by atoms with Crippen molar-refractivity contribution in [3.63, 3.8) is 0 Å². The van der Waals surface area contributed by atoms with Gasteiger partial charge in [-0.1, -0.05) is 31.2 Å². The minimum absolute atomic E-state index is 0.0404. The highest BCUT2D eigenvalue weighted by Crippen LogP contribution is 2.20. The Labute approximate surface area is 153 Å². The number of hydrogen-bond acceptors (Lipinski definition) is 4. The van der Waals surface area contributed by atoms with E-state index in [1.807, 2.05) is 0 Å². The van der Waals surface area contributed by atoms with Crippen LogP contribution in [0.25, 0.3) is 0 Å². The molecule has 26 heavy (non-hydrogen) atoms. The maximum Gasteiger partial charge on any atom is 0.225 e. The van der Waals surface area contributed by atoms with Gasteiger partial charge in [0.1, 0.15) is 0 Å². The Kier molecular flexibility index (Phi) is 5.94. The molecule has 1 unspecified atom stereocenters. The van der Waals surface area contributed by atoms with Crippen molar-refractivity contribution < 1.29 is 9.59 Å². The van der Waals surface area contributed by atoms with Crippen LogP contribution >= 0.6 is 0 Å². The molecule has 1 aliphatic heterocycles. The average Bonchev–Trinajstić information content (AvgIpc) is 3.04. The number of rotatable bonds is 7. The molecule has 1 aromatic heterocycles. The molecule has 2 heterocycles. The Morgan fingerprint density at radius 2 is 2.00 bits per heavy atom. The van der Waals surface area contributed by atoms with Gasteiger partial charge >= 0.3 is 0 Å². The predicted octanol–water partition coefficient (Wildman–Crippen LogP) is 1.75. The van der Waals surface area contributed by atoms with Gasteiger partial charge in [0.15, 0.2) is 0 Å². The fourth-order valence-corrected chi connectivity index (χ4v) is 3.12. The lowest BCUT2D eigenvalue weighted by Gasteiger charge is -2.17. The second-order valence-electron chi connectivity index (χ2n) is 6.58. The van der Waals surface area contributed by atoms with E-state index in [0.717, 1.165) is 17.7 Å². The summed E-state index contributed by atoms with van der Waals surface area (Å²) in [6, 6.07) is 8.29. The van der Waals surface area contributed by atoms with Crippen molar-refractivity contribution in [2.75, 3.05) is 13.1 Å². The molecule has 0 spiro atoms. The van der Waals surface area contributed by atoms with E-state index in [0.29, 0.717) is 26.1 Å². The largest absolute Gasteiger partial charge is 0.355 e. The first-order valence-corrected chi connectivity index (χ1v) is 9.04. The zero-order valence-corrected chi connectivity index (χ0v) is 15.0. The maximum absolute atomic E-state index is 12.3. The van der Waals surface area contributed by atoms with Crippen LogP contribution < -0.4 is 5.32 Å². The van der Waals surface area contributed by atoms with Gasteiger partial charge < -0.3 is 10.2 Å². The molecule has 6 heteroatoms. The summed E-state index contributed by atoms with van der Waals surface area (Å²) in [4.78, 5) is 34.5. The zero-order chi connectivity index (χ0) is 18.4. The van der Waals surface area contributed by atoms with E-state index >= 15 is 0 Å². The third-order valence-electron chi connectivity index (χ3n) is 4.69. The van der Waals surface area contributed by atoms with Gasteiger partial charge in [-0.15, -0.1) is 0 Å². The van der Waals surface area contributed by atoms with E-state index in [-0.39, 0.29) is 24.2 Å². The predicted molar refractivity (Wildman–Crippen MR) is 98.1 cm³/mol. The zero-order valence-electron chi connectivity index (χ0n) is 15.0. The topological polar surface area (TPSA) is 75.2 Å². The van der Waals surface area contributed by atoms with Gasteiger partial charge in [-0.25, -0.2) is 0 Å². The number of likely N-dealkylation sites (tertiary alicyclic amines) is 1. The molecular formula is C20H24N4O2. The summed E-state index contributed by atoms with van der Waals surface area (Å²) < 4.78 is 0. The van der Waals surface area contributed by atoms with Crippen LogP contribution in [0.2, 0.25) is 0 Å². The highest BCUT2D eigenvalue weighted by atomic mass is 16.2. The third kappa shape index (κ3) is 4.65. The van der Waals surface area contributed by atoms with E-state index in [1.54, 1.807) is 23.5 Å². The van der Waals surface area contributed by atoms with Gasteiger partial charge in [-0.3, -0.25) is 19.6 Å². The van der Waals surface area contributed by atoms with Crippen LogP contribution in [0.3, 0.4) is 0 Å². The van der Waals surface area contributed by atoms with Gasteiger partial charge in [0.2, 0.25) is 11.8 Å². The number of nitrogens with one attached hydrogen (secondary N) is 1. The van der Waals surface area contributed by atoms with Crippen molar-refractivity contribution in [2.45, 2.75) is 32.7 Å². The highest BCUT2D eigenvalue weighted by Gasteiger charge is 2.33. The van der Waals surface area contributed by atoms with Gasteiger partial charge in [0, 0.05) is 51.1 Å². The van der Waals surface area contributed by atoms with Crippen molar-refractivity contribution in [1.29, 1.82) is 0 Å². The normalized spacial score (nSPS) is 16.7. The monoisotopic (exact) mass is 352 g/mol. The van der Waals surface area contributed by atoms with Crippen molar-refractivity contribution in [3.05, 3.63) is 59.7 Å². The summed E-state index contributed by atoms with van der Waals surface area (Å²) in [6.45, 7) is 3.66. The van der Waals surface area contributed by atoms with Crippen LogP contribution in [-0.2, 0) is 29.0 Å². The molecule has 0 aliphatic carbocycles. The molecule has 0 radical (unpaired) electrons. The number of carbonyl (C=O) groups excluding carboxylic acids is 2. The highest BCUT2D eigenvalue weighted by molar-refractivity contribution is 5.89. The number of hydrogen-bond donors (Lipinski definition) is 1. The molecule has 3 rings (SSSR count). The number of amides is 2. The quantitative estimate of drug-likeness (QED) is 0.824. The summed E-state index contributed by atoms with van der Waals surface area (Å²) in [5.41, 5.74) is 3.22. The molecule has 1 fully saturated rings. The van der Waals surface area contributed by atoms with Gasteiger partial charge in [0.25, 0.3) is 0 Å². The average molecular weight is 352 g/mol. The van der Waals surface area contributed by atoms with Crippen LogP contribution in [0.1, 0.15) is 30.2 Å². The number of aromatic nitrogens is 2. The van der Waals surface area contributed by atoms with Crippen LogP contribution in [0, 0.1) is 5.92 Å². The summed E-state index contributed by atoms with van der Waals surface area (Å²) in [6.07, 6.45) is 6.86. The summed E-state index contributed by atoms with van der Waals surface area (Å²) in [5.74, 6) is -0.302. The van der Waals surface area contributed by atoms with Gasteiger partial charge in [-0.05, 0) is 17.5 Å². The van der Waals surface area contributed by atoms with Gasteiger partial charge in [-0.2, -0.15) is 0 Å². The fourth-order valence-electron chi connectivity index (χ4n) is 3.12. The standard InChI is InChI=1S/C20H24N4O2/c1-2-15-3-5-16(6-4-15)13-24-14-17(11-19(24)25)20(26)23-8-7-18-12-21-9-10-22-18/h3-6,9-10,12,17H,2,7-8,11,13-14H2,1H3,(H,23,26). The lowest BCUT2D eigenvalue weighted by atomic mass is 10.1. The molecule has 1 N–H and O–H groups in total.